The second-order valence-corrected chi connectivity index (χ2v) is 19.6. The summed E-state index contributed by atoms with van der Waals surface area (Å²) in [5.74, 6) is 0. The van der Waals surface area contributed by atoms with E-state index in [1.165, 1.54) is 66.5 Å². The zero-order valence-corrected chi connectivity index (χ0v) is 37.9. The molecule has 4 heteroatoms. The lowest BCUT2D eigenvalue weighted by Crippen LogP contribution is -2.17. The van der Waals surface area contributed by atoms with Crippen LogP contribution in [0.4, 0.5) is 17.1 Å². The Morgan fingerprint density at radius 2 is 0.970 bits per heavy atom. The average Bonchev–Trinajstić information content (AvgIpc) is 4.05. The van der Waals surface area contributed by atoms with E-state index in [0.717, 1.165) is 61.2 Å². The van der Waals surface area contributed by atoms with Crippen LogP contribution in [0.15, 0.2) is 206 Å². The summed E-state index contributed by atoms with van der Waals surface area (Å²) in [5.41, 5.74) is 22.8. The molecule has 0 unspecified atom stereocenters. The Kier molecular flexibility index (Phi) is 7.77. The first-order valence-electron chi connectivity index (χ1n) is 23.5. The lowest BCUT2D eigenvalue weighted by molar-refractivity contribution is 0.660. The summed E-state index contributed by atoms with van der Waals surface area (Å²) in [6.45, 7) is 9.47. The second-order valence-electron chi connectivity index (χ2n) is 19.6. The summed E-state index contributed by atoms with van der Waals surface area (Å²) < 4.78 is 4.76. The number of rotatable bonds is 5. The van der Waals surface area contributed by atoms with Gasteiger partial charge in [0.05, 0.1) is 16.7 Å². The lowest BCUT2D eigenvalue weighted by Gasteiger charge is -2.30. The molecule has 0 spiro atoms. The molecule has 0 amide bonds. The third-order valence-corrected chi connectivity index (χ3v) is 15.3. The van der Waals surface area contributed by atoms with Crippen LogP contribution in [-0.2, 0) is 10.8 Å². The van der Waals surface area contributed by atoms with Crippen molar-refractivity contribution >= 4 is 66.5 Å². The van der Waals surface area contributed by atoms with Crippen LogP contribution in [0.2, 0.25) is 0 Å². The molecule has 12 aromatic rings. The molecule has 14 rings (SSSR count). The zero-order chi connectivity index (χ0) is 44.8. The van der Waals surface area contributed by atoms with E-state index in [-0.39, 0.29) is 10.8 Å². The van der Waals surface area contributed by atoms with E-state index >= 15 is 0 Å². The number of hydrogen-bond acceptors (Lipinski definition) is 2. The van der Waals surface area contributed by atoms with Crippen LogP contribution in [0.25, 0.3) is 88.5 Å². The molecule has 4 nitrogen and oxygen atoms in total. The molecule has 0 saturated heterocycles. The molecule has 0 atom stereocenters. The smallest absolute Gasteiger partial charge is 0.151 e. The largest absolute Gasteiger partial charge is 0.310 e. The van der Waals surface area contributed by atoms with Gasteiger partial charge in [0.15, 0.2) is 5.65 Å². The van der Waals surface area contributed by atoms with Crippen LogP contribution in [-0.4, -0.2) is 14.0 Å². The Hall–Kier alpha value is -8.21. The van der Waals surface area contributed by atoms with Gasteiger partial charge in [-0.2, -0.15) is 0 Å². The molecular formula is C63H46N4. The van der Waals surface area contributed by atoms with Gasteiger partial charge in [-0.15, -0.1) is 0 Å². The van der Waals surface area contributed by atoms with Crippen molar-refractivity contribution in [1.29, 1.82) is 0 Å². The first-order chi connectivity index (χ1) is 32.8. The van der Waals surface area contributed by atoms with Gasteiger partial charge in [-0.3, -0.25) is 8.97 Å². The fourth-order valence-electron chi connectivity index (χ4n) is 12.0. The summed E-state index contributed by atoms with van der Waals surface area (Å²) in [6, 6.07) is 76.2. The predicted molar refractivity (Wildman–Crippen MR) is 280 cm³/mol. The van der Waals surface area contributed by atoms with Gasteiger partial charge in [-0.05, 0) is 110 Å². The fraction of sp³-hybridized carbons (Fsp3) is 0.0952. The standard InChI is InChI=1S/C63H46N4/c1-62(2)52-23-12-8-20-49(52)58-53(62)24-15-27-57(58)65(43-36-37-46-45-17-7-11-22-51(45)63(3,4)54(46)38-43)41-32-28-39(29-33-41)40-30-34-42(35-31-40)66-56-26-14-10-21-50(56)59-61(66)67-55-25-13-9-18-47(55)44-16-5-6-19-48(44)60(67)64-59/h5-38H,1-4H3. The molecule has 3 aromatic heterocycles. The molecule has 2 aliphatic carbocycles. The first-order valence-corrected chi connectivity index (χ1v) is 23.5. The van der Waals surface area contributed by atoms with Gasteiger partial charge in [0.2, 0.25) is 0 Å². The highest BCUT2D eigenvalue weighted by Gasteiger charge is 2.39. The quantitative estimate of drug-likeness (QED) is 0.161. The van der Waals surface area contributed by atoms with Gasteiger partial charge >= 0.3 is 0 Å². The van der Waals surface area contributed by atoms with Crippen LogP contribution in [0.5, 0.6) is 0 Å². The van der Waals surface area contributed by atoms with Crippen molar-refractivity contribution in [2.24, 2.45) is 0 Å². The monoisotopic (exact) mass is 858 g/mol. The minimum atomic E-state index is -0.122. The van der Waals surface area contributed by atoms with E-state index < -0.39 is 0 Å². The maximum atomic E-state index is 5.41. The van der Waals surface area contributed by atoms with Crippen molar-refractivity contribution < 1.29 is 0 Å². The number of pyridine rings is 1. The minimum Gasteiger partial charge on any atom is -0.310 e. The molecular weight excluding hydrogens is 813 g/mol. The first kappa shape index (κ1) is 38.1. The predicted octanol–water partition coefficient (Wildman–Crippen LogP) is 16.5. The summed E-state index contributed by atoms with van der Waals surface area (Å²) in [7, 11) is 0. The third kappa shape index (κ3) is 5.21. The number of para-hydroxylation sites is 2. The Morgan fingerprint density at radius 1 is 0.418 bits per heavy atom. The average molecular weight is 859 g/mol. The van der Waals surface area contributed by atoms with Gasteiger partial charge in [0.1, 0.15) is 11.2 Å². The van der Waals surface area contributed by atoms with Crippen molar-refractivity contribution in [2.45, 2.75) is 38.5 Å². The second kappa shape index (κ2) is 13.7. The summed E-state index contributed by atoms with van der Waals surface area (Å²) in [6.07, 6.45) is 0. The number of benzene rings is 9. The molecule has 9 aromatic carbocycles. The van der Waals surface area contributed by atoms with Crippen LogP contribution < -0.4 is 4.90 Å². The highest BCUT2D eigenvalue weighted by Crippen LogP contribution is 2.56. The molecule has 67 heavy (non-hydrogen) atoms. The molecule has 0 fully saturated rings. The Labute approximate surface area is 389 Å². The Bertz CT molecular complexity index is 4030. The number of nitrogens with zero attached hydrogens (tertiary/aromatic N) is 4. The van der Waals surface area contributed by atoms with E-state index in [0.29, 0.717) is 0 Å². The van der Waals surface area contributed by atoms with E-state index in [2.05, 4.69) is 248 Å². The molecule has 0 N–H and O–H groups in total. The molecule has 0 aliphatic heterocycles. The minimum absolute atomic E-state index is 0.114. The number of aromatic nitrogens is 3. The molecule has 2 aliphatic rings. The van der Waals surface area contributed by atoms with Gasteiger partial charge in [0, 0.05) is 49.6 Å². The SMILES string of the molecule is CC1(C)c2ccccc2-c2ccc(N(c3ccc(-c4ccc(-n5c6ccccc6c6nc7c8ccccc8c8ccccc8n7c65)cc4)cc3)c3cccc4c3-c3ccccc3C4(C)C)cc21. The van der Waals surface area contributed by atoms with E-state index in [4.69, 9.17) is 4.98 Å². The van der Waals surface area contributed by atoms with Crippen LogP contribution in [0.1, 0.15) is 49.9 Å². The van der Waals surface area contributed by atoms with E-state index in [1.807, 2.05) is 0 Å². The van der Waals surface area contributed by atoms with Crippen molar-refractivity contribution in [1.82, 2.24) is 14.0 Å². The fourth-order valence-corrected chi connectivity index (χ4v) is 12.0. The lowest BCUT2D eigenvalue weighted by atomic mass is 9.82. The molecule has 0 bridgehead atoms. The summed E-state index contributed by atoms with van der Waals surface area (Å²) in [4.78, 5) is 7.90. The number of fused-ring (bicyclic) bond motifs is 16. The maximum Gasteiger partial charge on any atom is 0.151 e. The van der Waals surface area contributed by atoms with Crippen molar-refractivity contribution in [3.63, 3.8) is 0 Å². The van der Waals surface area contributed by atoms with Crippen LogP contribution in [0.3, 0.4) is 0 Å². The van der Waals surface area contributed by atoms with Crippen LogP contribution in [0, 0.1) is 0 Å². The molecule has 318 valence electrons. The Morgan fingerprint density at radius 3 is 1.73 bits per heavy atom. The summed E-state index contributed by atoms with van der Waals surface area (Å²) >= 11 is 0. The third-order valence-electron chi connectivity index (χ3n) is 15.3. The van der Waals surface area contributed by atoms with Gasteiger partial charge in [-0.25, -0.2) is 4.98 Å². The van der Waals surface area contributed by atoms with E-state index in [9.17, 15) is 0 Å². The molecule has 0 saturated carbocycles. The molecule has 0 radical (unpaired) electrons. The van der Waals surface area contributed by atoms with Crippen molar-refractivity contribution in [3.05, 3.63) is 229 Å². The molecule has 3 heterocycles. The van der Waals surface area contributed by atoms with Gasteiger partial charge in [0.25, 0.3) is 0 Å². The maximum absolute atomic E-state index is 5.41. The number of hydrogen-bond donors (Lipinski definition) is 0. The highest BCUT2D eigenvalue weighted by atomic mass is 15.2. The summed E-state index contributed by atoms with van der Waals surface area (Å²) in [5, 5.41) is 4.74. The number of imidazole rings is 1. The van der Waals surface area contributed by atoms with Gasteiger partial charge < -0.3 is 4.90 Å². The van der Waals surface area contributed by atoms with Crippen LogP contribution >= 0.6 is 0 Å². The van der Waals surface area contributed by atoms with Crippen molar-refractivity contribution in [3.8, 4) is 39.1 Å². The van der Waals surface area contributed by atoms with Gasteiger partial charge in [-0.1, -0.05) is 179 Å². The number of anilines is 3. The topological polar surface area (TPSA) is 25.5 Å². The normalized spacial score (nSPS) is 14.2. The van der Waals surface area contributed by atoms with E-state index in [1.54, 1.807) is 0 Å². The zero-order valence-electron chi connectivity index (χ0n) is 37.9. The van der Waals surface area contributed by atoms with Crippen molar-refractivity contribution in [2.75, 3.05) is 4.90 Å². The Balaban J connectivity index is 0.902. The highest BCUT2D eigenvalue weighted by molar-refractivity contribution is 6.17.